The van der Waals surface area contributed by atoms with Crippen molar-refractivity contribution in [1.82, 2.24) is 50.0 Å². The van der Waals surface area contributed by atoms with Crippen molar-refractivity contribution in [1.29, 1.82) is 0 Å². The first-order valence-corrected chi connectivity index (χ1v) is 23.4. The normalized spacial score (nSPS) is 19.8. The Bertz CT molecular complexity index is 2870. The third-order valence-electron chi connectivity index (χ3n) is 13.1. The molecule has 5 aromatic heterocycles. The molecule has 4 N–H and O–H groups in total. The summed E-state index contributed by atoms with van der Waals surface area (Å²) in [6.07, 6.45) is 13.3. The van der Waals surface area contributed by atoms with E-state index in [1.807, 2.05) is 106 Å². The van der Waals surface area contributed by atoms with Gasteiger partial charge >= 0.3 is 0 Å². The van der Waals surface area contributed by atoms with Crippen LogP contribution < -0.4 is 10.6 Å². The van der Waals surface area contributed by atoms with Crippen molar-refractivity contribution in [2.24, 2.45) is 11.3 Å². The zero-order chi connectivity index (χ0) is 46.3. The van der Waals surface area contributed by atoms with Gasteiger partial charge in [0.05, 0.1) is 53.2 Å². The summed E-state index contributed by atoms with van der Waals surface area (Å²) >= 11 is 1.58. The minimum atomic E-state index is -0.903. The Morgan fingerprint density at radius 3 is 2.41 bits per heavy atom. The van der Waals surface area contributed by atoms with Crippen LogP contribution in [0.2, 0.25) is 0 Å². The van der Waals surface area contributed by atoms with Gasteiger partial charge in [-0.25, -0.2) is 14.4 Å². The molecule has 6 heterocycles. The summed E-state index contributed by atoms with van der Waals surface area (Å²) in [6.45, 7) is 10.0. The van der Waals surface area contributed by atoms with Crippen molar-refractivity contribution in [3.63, 3.8) is 0 Å². The number of likely N-dealkylation sites (tertiary alicyclic amines) is 1. The van der Waals surface area contributed by atoms with Crippen LogP contribution in [0.1, 0.15) is 88.7 Å². The molecule has 2 aromatic carbocycles. The van der Waals surface area contributed by atoms with E-state index in [-0.39, 0.29) is 54.5 Å². The summed E-state index contributed by atoms with van der Waals surface area (Å²) in [5, 5.41) is 27.1. The lowest BCUT2D eigenvalue weighted by atomic mass is 9.82. The second-order valence-electron chi connectivity index (χ2n) is 18.9. The van der Waals surface area contributed by atoms with E-state index in [4.69, 9.17) is 10.1 Å². The number of aliphatic hydroxyl groups is 1. The number of nitrogens with one attached hydrogen (secondary N) is 3. The Hall–Kier alpha value is -6.52. The molecule has 0 spiro atoms. The number of aromatic nitrogens is 7. The maximum atomic E-state index is 14.4. The summed E-state index contributed by atoms with van der Waals surface area (Å²) in [5.74, 6) is -1.47. The van der Waals surface area contributed by atoms with Crippen LogP contribution in [0.25, 0.3) is 43.7 Å². The average Bonchev–Trinajstić information content (AvgIpc) is 4.16. The van der Waals surface area contributed by atoms with Gasteiger partial charge in [0, 0.05) is 71.3 Å². The maximum Gasteiger partial charge on any atom is 0.246 e. The van der Waals surface area contributed by atoms with E-state index in [1.54, 1.807) is 28.3 Å². The number of benzene rings is 2. The van der Waals surface area contributed by atoms with Gasteiger partial charge in [0.25, 0.3) is 0 Å². The number of carbonyl (C=O) groups is 3. The molecule has 1 saturated carbocycles. The van der Waals surface area contributed by atoms with Crippen LogP contribution in [0.3, 0.4) is 0 Å². The Morgan fingerprint density at radius 1 is 0.909 bits per heavy atom. The number of amides is 3. The number of hydrogen-bond acceptors (Lipinski definition) is 9. The van der Waals surface area contributed by atoms with Crippen LogP contribution in [0.15, 0.2) is 97.3 Å². The SMILES string of the molecule is Cc1ncsc1-c1ccc([C@H](C)NC(=O)[C@@H]2C[C@@H](O)CN2C(=O)[C@@H](NC(=O)C2CCC(n3cc(-c4cnc5[nH]cc(-c6cnn(Cc7cccc(F)c7)c6)c5c4)cn3)CC2)C(C)(C)C)cc1. The number of rotatable bonds is 12. The third kappa shape index (κ3) is 9.43. The number of pyridine rings is 1. The van der Waals surface area contributed by atoms with E-state index in [9.17, 15) is 23.9 Å². The third-order valence-corrected chi connectivity index (χ3v) is 14.1. The molecule has 2 aliphatic rings. The standard InChI is InChI=1S/C50H55FN10O4S/c1-29(32-9-11-33(12-10-32)44-30(2)54-28-66-44)57-48(64)43-19-40(62)27-60(43)49(65)45(50(3,4)5)58-47(63)34-13-15-39(16-14-34)61-26-36(21-56-61)35-18-41-42(23-53-46(41)52-20-35)37-22-55-59(25-37)24-31-7-6-8-38(51)17-31/h6-12,17-18,20-23,25-26,28-29,34,39-40,43,45,62H,13-16,19,24,27H2,1-5H3,(H,52,53)(H,57,64)(H,58,63)/t29-,34?,39?,40+,43-,45+/m0/s1. The van der Waals surface area contributed by atoms with E-state index < -0.39 is 23.6 Å². The molecular formula is C50H55FN10O4S. The van der Waals surface area contributed by atoms with E-state index in [0.717, 1.165) is 73.4 Å². The summed E-state index contributed by atoms with van der Waals surface area (Å²) in [6, 6.07) is 14.6. The van der Waals surface area contributed by atoms with Gasteiger partial charge in [-0.1, -0.05) is 57.2 Å². The number of aromatic amines is 1. The van der Waals surface area contributed by atoms with E-state index in [2.05, 4.69) is 31.8 Å². The smallest absolute Gasteiger partial charge is 0.246 e. The van der Waals surface area contributed by atoms with E-state index in [1.165, 1.54) is 17.0 Å². The molecule has 1 saturated heterocycles. The second kappa shape index (κ2) is 18.4. The molecule has 342 valence electrons. The number of thiazole rings is 1. The number of aryl methyl sites for hydroxylation is 1. The highest BCUT2D eigenvalue weighted by molar-refractivity contribution is 7.13. The fourth-order valence-corrected chi connectivity index (χ4v) is 10.2. The van der Waals surface area contributed by atoms with Crippen LogP contribution >= 0.6 is 11.3 Å². The minimum Gasteiger partial charge on any atom is -0.391 e. The number of nitrogens with zero attached hydrogens (tertiary/aromatic N) is 7. The molecule has 7 aromatic rings. The zero-order valence-electron chi connectivity index (χ0n) is 37.7. The van der Waals surface area contributed by atoms with Crippen LogP contribution in [0.4, 0.5) is 4.39 Å². The van der Waals surface area contributed by atoms with Crippen molar-refractivity contribution >= 4 is 40.1 Å². The predicted octanol–water partition coefficient (Wildman–Crippen LogP) is 8.01. The number of carbonyl (C=O) groups excluding carboxylic acids is 3. The predicted molar refractivity (Wildman–Crippen MR) is 251 cm³/mol. The fourth-order valence-electron chi connectivity index (χ4n) is 9.38. The Balaban J connectivity index is 0.810. The Kier molecular flexibility index (Phi) is 12.5. The Morgan fingerprint density at radius 2 is 1.68 bits per heavy atom. The summed E-state index contributed by atoms with van der Waals surface area (Å²) < 4.78 is 17.5. The van der Waals surface area contributed by atoms with Gasteiger partial charge in [-0.05, 0) is 79.8 Å². The lowest BCUT2D eigenvalue weighted by Gasteiger charge is -2.37. The summed E-state index contributed by atoms with van der Waals surface area (Å²) in [5.41, 5.74) is 9.39. The molecule has 1 aliphatic heterocycles. The van der Waals surface area contributed by atoms with Gasteiger partial charge in [-0.15, -0.1) is 11.3 Å². The number of hydrogen-bond donors (Lipinski definition) is 4. The number of β-amino-alcohol motifs (C(OH)–C–C–N with tert-alkyl or cyclic N) is 1. The highest BCUT2D eigenvalue weighted by Gasteiger charge is 2.45. The number of H-pyrrole nitrogens is 1. The molecule has 16 heteroatoms. The lowest BCUT2D eigenvalue weighted by molar-refractivity contribution is -0.144. The fraction of sp³-hybridized carbons (Fsp3) is 0.380. The van der Waals surface area contributed by atoms with Crippen LogP contribution in [-0.4, -0.2) is 87.0 Å². The molecule has 9 rings (SSSR count). The molecule has 0 bridgehead atoms. The van der Waals surface area contributed by atoms with E-state index >= 15 is 0 Å². The molecular weight excluding hydrogens is 856 g/mol. The van der Waals surface area contributed by atoms with Crippen molar-refractivity contribution < 1.29 is 23.9 Å². The number of fused-ring (bicyclic) bond motifs is 1. The average molecular weight is 911 g/mol. The lowest BCUT2D eigenvalue weighted by Crippen LogP contribution is -2.58. The highest BCUT2D eigenvalue weighted by Crippen LogP contribution is 2.36. The van der Waals surface area contributed by atoms with Gasteiger partial charge in [-0.2, -0.15) is 10.2 Å². The van der Waals surface area contributed by atoms with E-state index in [0.29, 0.717) is 19.4 Å². The molecule has 0 radical (unpaired) electrons. The molecule has 4 atom stereocenters. The van der Waals surface area contributed by atoms with Crippen LogP contribution in [0, 0.1) is 24.1 Å². The zero-order valence-corrected chi connectivity index (χ0v) is 38.6. The first kappa shape index (κ1) is 44.7. The molecule has 1 aliphatic carbocycles. The monoisotopic (exact) mass is 910 g/mol. The highest BCUT2D eigenvalue weighted by atomic mass is 32.1. The van der Waals surface area contributed by atoms with Gasteiger partial charge in [0.1, 0.15) is 23.5 Å². The quantitative estimate of drug-likeness (QED) is 0.0954. The van der Waals surface area contributed by atoms with Crippen molar-refractivity contribution in [3.05, 3.63) is 120 Å². The number of aliphatic hydroxyl groups excluding tert-OH is 1. The summed E-state index contributed by atoms with van der Waals surface area (Å²) in [4.78, 5) is 57.0. The molecule has 2 fully saturated rings. The maximum absolute atomic E-state index is 14.4. The number of halogens is 1. The van der Waals surface area contributed by atoms with Crippen molar-refractivity contribution in [3.8, 4) is 32.7 Å². The molecule has 14 nitrogen and oxygen atoms in total. The van der Waals surface area contributed by atoms with Gasteiger partial charge in [-0.3, -0.25) is 23.7 Å². The first-order chi connectivity index (χ1) is 31.7. The van der Waals surface area contributed by atoms with Crippen molar-refractivity contribution in [2.45, 2.75) is 104 Å². The Labute approximate surface area is 386 Å². The van der Waals surface area contributed by atoms with Gasteiger partial charge in [0.2, 0.25) is 17.7 Å². The molecule has 3 amide bonds. The van der Waals surface area contributed by atoms with Crippen LogP contribution in [-0.2, 0) is 20.9 Å². The molecule has 66 heavy (non-hydrogen) atoms. The summed E-state index contributed by atoms with van der Waals surface area (Å²) in [7, 11) is 0. The van der Waals surface area contributed by atoms with Gasteiger partial charge in [0.15, 0.2) is 0 Å². The van der Waals surface area contributed by atoms with Crippen molar-refractivity contribution in [2.75, 3.05) is 6.54 Å². The van der Waals surface area contributed by atoms with Gasteiger partial charge < -0.3 is 25.6 Å². The first-order valence-electron chi connectivity index (χ1n) is 22.6. The molecule has 0 unspecified atom stereocenters. The second-order valence-corrected chi connectivity index (χ2v) is 19.8. The topological polar surface area (TPSA) is 176 Å². The van der Waals surface area contributed by atoms with Crippen LogP contribution in [0.5, 0.6) is 0 Å². The minimum absolute atomic E-state index is 0.00876. The largest absolute Gasteiger partial charge is 0.391 e.